The molecule has 6 nitrogen and oxygen atoms in total. The minimum absolute atomic E-state index is 0.0443. The molecular weight excluding hydrogens is 328 g/mol. The van der Waals surface area contributed by atoms with Crippen molar-refractivity contribution in [2.24, 2.45) is 0 Å². The third-order valence-electron chi connectivity index (χ3n) is 2.55. The lowest BCUT2D eigenvalue weighted by Crippen LogP contribution is -2.13. The van der Waals surface area contributed by atoms with Gasteiger partial charge in [-0.25, -0.2) is 14.1 Å². The topological polar surface area (TPSA) is 69.9 Å². The summed E-state index contributed by atoms with van der Waals surface area (Å²) in [5, 5.41) is 4.11. The molecule has 0 saturated heterocycles. The zero-order chi connectivity index (χ0) is 14.7. The number of fused-ring (bicyclic) bond motifs is 1. The van der Waals surface area contributed by atoms with Crippen LogP contribution in [-0.2, 0) is 9.47 Å². The number of ether oxygens (including phenoxy) is 2. The van der Waals surface area contributed by atoms with E-state index in [1.54, 1.807) is 32.2 Å². The monoisotopic (exact) mass is 340 g/mol. The summed E-state index contributed by atoms with van der Waals surface area (Å²) in [5.74, 6) is -1.25. The number of rotatable bonds is 4. The van der Waals surface area contributed by atoms with Crippen molar-refractivity contribution in [3.63, 3.8) is 0 Å². The average molecular weight is 341 g/mol. The Morgan fingerprint density at radius 3 is 2.55 bits per heavy atom. The maximum atomic E-state index is 12.1. The summed E-state index contributed by atoms with van der Waals surface area (Å²) in [6.07, 6.45) is 1.64. The van der Waals surface area contributed by atoms with Gasteiger partial charge in [0, 0.05) is 10.7 Å². The van der Waals surface area contributed by atoms with E-state index in [-0.39, 0.29) is 24.5 Å². The molecule has 0 amide bonds. The first-order chi connectivity index (χ1) is 9.60. The van der Waals surface area contributed by atoms with Crippen molar-refractivity contribution in [1.29, 1.82) is 0 Å². The van der Waals surface area contributed by atoms with E-state index in [0.29, 0.717) is 9.99 Å². The predicted molar refractivity (Wildman–Crippen MR) is 74.8 cm³/mol. The van der Waals surface area contributed by atoms with Gasteiger partial charge in [-0.1, -0.05) is 0 Å². The molecule has 0 unspecified atom stereocenters. The summed E-state index contributed by atoms with van der Waals surface area (Å²) in [7, 11) is 0. The number of halogens is 1. The smallest absolute Gasteiger partial charge is 0.359 e. The van der Waals surface area contributed by atoms with E-state index in [1.165, 1.54) is 4.52 Å². The van der Waals surface area contributed by atoms with Crippen molar-refractivity contribution >= 4 is 33.4 Å². The van der Waals surface area contributed by atoms with Crippen LogP contribution in [0.1, 0.15) is 34.7 Å². The summed E-state index contributed by atoms with van der Waals surface area (Å²) >= 11 is 3.35. The Balaban J connectivity index is 2.67. The Bertz CT molecular complexity index is 666. The highest BCUT2D eigenvalue weighted by atomic mass is 79.9. The second-order valence-corrected chi connectivity index (χ2v) is 4.67. The van der Waals surface area contributed by atoms with Gasteiger partial charge in [0.15, 0.2) is 5.69 Å². The first-order valence-electron chi connectivity index (χ1n) is 6.11. The van der Waals surface area contributed by atoms with Gasteiger partial charge in [0.2, 0.25) is 0 Å². The van der Waals surface area contributed by atoms with Crippen LogP contribution in [0, 0.1) is 0 Å². The van der Waals surface area contributed by atoms with Crippen LogP contribution >= 0.6 is 15.9 Å². The van der Waals surface area contributed by atoms with Crippen molar-refractivity contribution in [2.75, 3.05) is 13.2 Å². The van der Waals surface area contributed by atoms with Crippen LogP contribution in [0.5, 0.6) is 0 Å². The fourth-order valence-corrected chi connectivity index (χ4v) is 2.33. The van der Waals surface area contributed by atoms with Gasteiger partial charge in [0.1, 0.15) is 5.56 Å². The molecule has 0 aromatic carbocycles. The molecule has 7 heteroatoms. The Hall–Kier alpha value is -1.89. The number of hydrogen-bond acceptors (Lipinski definition) is 5. The SMILES string of the molecule is CCOC(=O)c1nn2cccc(Br)c2c1C(=O)OCC. The van der Waals surface area contributed by atoms with Crippen molar-refractivity contribution in [3.8, 4) is 0 Å². The fraction of sp³-hybridized carbons (Fsp3) is 0.308. The van der Waals surface area contributed by atoms with Gasteiger partial charge in [-0.3, -0.25) is 0 Å². The Morgan fingerprint density at radius 2 is 1.90 bits per heavy atom. The van der Waals surface area contributed by atoms with Gasteiger partial charge in [0.25, 0.3) is 0 Å². The summed E-state index contributed by atoms with van der Waals surface area (Å²) < 4.78 is 12.0. The number of aromatic nitrogens is 2. The molecular formula is C13H13BrN2O4. The van der Waals surface area contributed by atoms with Gasteiger partial charge < -0.3 is 9.47 Å². The van der Waals surface area contributed by atoms with Crippen LogP contribution in [0.2, 0.25) is 0 Å². The maximum absolute atomic E-state index is 12.1. The van der Waals surface area contributed by atoms with Gasteiger partial charge in [0.05, 0.1) is 18.7 Å². The first-order valence-corrected chi connectivity index (χ1v) is 6.90. The van der Waals surface area contributed by atoms with Crippen LogP contribution in [0.3, 0.4) is 0 Å². The molecule has 0 aliphatic rings. The zero-order valence-corrected chi connectivity index (χ0v) is 12.6. The van der Waals surface area contributed by atoms with E-state index in [4.69, 9.17) is 9.47 Å². The molecule has 0 fully saturated rings. The normalized spacial score (nSPS) is 10.6. The summed E-state index contributed by atoms with van der Waals surface area (Å²) in [6, 6.07) is 3.50. The van der Waals surface area contributed by atoms with E-state index in [1.807, 2.05) is 0 Å². The molecule has 106 valence electrons. The molecule has 0 bridgehead atoms. The second-order valence-electron chi connectivity index (χ2n) is 3.81. The molecule has 0 saturated carbocycles. The van der Waals surface area contributed by atoms with E-state index in [2.05, 4.69) is 21.0 Å². The number of hydrogen-bond donors (Lipinski definition) is 0. The molecule has 2 rings (SSSR count). The molecule has 0 aliphatic carbocycles. The number of carbonyl (C=O) groups excluding carboxylic acids is 2. The van der Waals surface area contributed by atoms with Gasteiger partial charge >= 0.3 is 11.9 Å². The molecule has 0 aliphatic heterocycles. The number of nitrogens with zero attached hydrogens (tertiary/aromatic N) is 2. The van der Waals surface area contributed by atoms with Crippen molar-refractivity contribution in [2.45, 2.75) is 13.8 Å². The third-order valence-corrected chi connectivity index (χ3v) is 3.19. The average Bonchev–Trinajstić information content (AvgIpc) is 2.80. The quantitative estimate of drug-likeness (QED) is 0.799. The third kappa shape index (κ3) is 2.53. The minimum atomic E-state index is -0.647. The lowest BCUT2D eigenvalue weighted by atomic mass is 10.2. The maximum Gasteiger partial charge on any atom is 0.359 e. The molecule has 0 radical (unpaired) electrons. The van der Waals surface area contributed by atoms with Crippen LogP contribution in [0.15, 0.2) is 22.8 Å². The summed E-state index contributed by atoms with van der Waals surface area (Å²) in [5.41, 5.74) is 0.545. The minimum Gasteiger partial charge on any atom is -0.462 e. The first kappa shape index (κ1) is 14.5. The van der Waals surface area contributed by atoms with Crippen molar-refractivity contribution < 1.29 is 19.1 Å². The molecule has 2 aromatic rings. The molecule has 0 spiro atoms. The lowest BCUT2D eigenvalue weighted by Gasteiger charge is -2.03. The number of carbonyl (C=O) groups is 2. The van der Waals surface area contributed by atoms with Crippen LogP contribution < -0.4 is 0 Å². The molecule has 20 heavy (non-hydrogen) atoms. The fourth-order valence-electron chi connectivity index (χ4n) is 1.80. The second kappa shape index (κ2) is 6.04. The van der Waals surface area contributed by atoms with Crippen LogP contribution in [0.4, 0.5) is 0 Å². The van der Waals surface area contributed by atoms with Crippen LogP contribution in [0.25, 0.3) is 5.52 Å². The van der Waals surface area contributed by atoms with Gasteiger partial charge in [-0.2, -0.15) is 5.10 Å². The van der Waals surface area contributed by atoms with E-state index in [0.717, 1.165) is 0 Å². The zero-order valence-electron chi connectivity index (χ0n) is 11.1. The highest BCUT2D eigenvalue weighted by Gasteiger charge is 2.27. The molecule has 2 heterocycles. The summed E-state index contributed by atoms with van der Waals surface area (Å²) in [6.45, 7) is 3.80. The van der Waals surface area contributed by atoms with E-state index < -0.39 is 11.9 Å². The standard InChI is InChI=1S/C13H13BrN2O4/c1-3-19-12(17)9-10(13(18)20-4-2)15-16-7-5-6-8(14)11(9)16/h5-7H,3-4H2,1-2H3. The van der Waals surface area contributed by atoms with Gasteiger partial charge in [-0.15, -0.1) is 0 Å². The number of pyridine rings is 1. The van der Waals surface area contributed by atoms with E-state index >= 15 is 0 Å². The predicted octanol–water partition coefficient (Wildman–Crippen LogP) is 2.45. The van der Waals surface area contributed by atoms with Crippen LogP contribution in [-0.4, -0.2) is 34.8 Å². The highest BCUT2D eigenvalue weighted by Crippen LogP contribution is 2.25. The molecule has 2 aromatic heterocycles. The summed E-state index contributed by atoms with van der Waals surface area (Å²) in [4.78, 5) is 24.0. The molecule has 0 N–H and O–H groups in total. The number of esters is 2. The van der Waals surface area contributed by atoms with Crippen molar-refractivity contribution in [1.82, 2.24) is 9.61 Å². The van der Waals surface area contributed by atoms with E-state index in [9.17, 15) is 9.59 Å². The Labute approximate surface area is 123 Å². The lowest BCUT2D eigenvalue weighted by molar-refractivity contribution is 0.0476. The van der Waals surface area contributed by atoms with Gasteiger partial charge in [-0.05, 0) is 41.9 Å². The Morgan fingerprint density at radius 1 is 1.25 bits per heavy atom. The Kier molecular flexibility index (Phi) is 4.39. The highest BCUT2D eigenvalue weighted by molar-refractivity contribution is 9.10. The van der Waals surface area contributed by atoms with Crippen molar-refractivity contribution in [3.05, 3.63) is 34.1 Å². The largest absolute Gasteiger partial charge is 0.462 e. The molecule has 0 atom stereocenters.